The van der Waals surface area contributed by atoms with Gasteiger partial charge in [-0.15, -0.1) is 0 Å². The Kier molecular flexibility index (Phi) is 6.05. The van der Waals surface area contributed by atoms with Gasteiger partial charge < -0.3 is 14.2 Å². The largest absolute Gasteiger partial charge is 0.497 e. The molecule has 21 heavy (non-hydrogen) atoms. The minimum absolute atomic E-state index is 0.0146. The first-order valence-corrected chi connectivity index (χ1v) is 7.62. The van der Waals surface area contributed by atoms with Gasteiger partial charge in [-0.25, -0.2) is 0 Å². The topological polar surface area (TPSA) is 44.8 Å². The summed E-state index contributed by atoms with van der Waals surface area (Å²) in [5, 5.41) is 0. The molecule has 0 radical (unpaired) electrons. The fourth-order valence-electron chi connectivity index (χ4n) is 2.85. The molecule has 0 aliphatic heterocycles. The third kappa shape index (κ3) is 4.46. The van der Waals surface area contributed by atoms with E-state index in [4.69, 9.17) is 14.2 Å². The Labute approximate surface area is 126 Å². The highest BCUT2D eigenvalue weighted by Crippen LogP contribution is 2.33. The fraction of sp³-hybridized carbons (Fsp3) is 0.588. The first kappa shape index (κ1) is 15.8. The van der Waals surface area contributed by atoms with Crippen LogP contribution in [0.5, 0.6) is 5.75 Å². The second-order valence-corrected chi connectivity index (χ2v) is 5.41. The highest BCUT2D eigenvalue weighted by atomic mass is 16.5. The maximum absolute atomic E-state index is 11.9. The molecule has 0 aromatic heterocycles. The summed E-state index contributed by atoms with van der Waals surface area (Å²) in [5.74, 6) is 1.09. The monoisotopic (exact) mass is 292 g/mol. The van der Waals surface area contributed by atoms with Crippen LogP contribution in [0.1, 0.15) is 31.7 Å². The van der Waals surface area contributed by atoms with Crippen LogP contribution in [0.4, 0.5) is 0 Å². The molecule has 116 valence electrons. The van der Waals surface area contributed by atoms with Crippen LogP contribution in [0, 0.1) is 11.8 Å². The molecule has 2 rings (SSSR count). The van der Waals surface area contributed by atoms with Crippen LogP contribution in [0.15, 0.2) is 24.3 Å². The fourth-order valence-corrected chi connectivity index (χ4v) is 2.85. The van der Waals surface area contributed by atoms with Crippen molar-refractivity contribution >= 4 is 5.97 Å². The number of ether oxygens (including phenoxy) is 3. The third-order valence-corrected chi connectivity index (χ3v) is 4.01. The van der Waals surface area contributed by atoms with Crippen molar-refractivity contribution in [2.45, 2.75) is 32.8 Å². The van der Waals surface area contributed by atoms with E-state index in [1.165, 1.54) is 0 Å². The highest BCUT2D eigenvalue weighted by molar-refractivity contribution is 5.73. The molecule has 1 aliphatic carbocycles. The van der Waals surface area contributed by atoms with Gasteiger partial charge in [0.05, 0.1) is 32.8 Å². The first-order chi connectivity index (χ1) is 10.2. The van der Waals surface area contributed by atoms with E-state index in [0.29, 0.717) is 25.7 Å². The maximum atomic E-state index is 11.9. The second-order valence-electron chi connectivity index (χ2n) is 5.41. The average Bonchev–Trinajstić information content (AvgIpc) is 2.97. The molecular formula is C17H24O4. The first-order valence-electron chi connectivity index (χ1n) is 7.62. The summed E-state index contributed by atoms with van der Waals surface area (Å²) < 4.78 is 16.1. The molecule has 1 fully saturated rings. The summed E-state index contributed by atoms with van der Waals surface area (Å²) >= 11 is 0. The molecule has 2 unspecified atom stereocenters. The van der Waals surface area contributed by atoms with E-state index >= 15 is 0 Å². The van der Waals surface area contributed by atoms with Crippen molar-refractivity contribution in [1.82, 2.24) is 0 Å². The molecule has 4 heteroatoms. The van der Waals surface area contributed by atoms with Crippen molar-refractivity contribution in [3.63, 3.8) is 0 Å². The van der Waals surface area contributed by atoms with Crippen molar-refractivity contribution in [2.75, 3.05) is 20.3 Å². The van der Waals surface area contributed by atoms with Crippen LogP contribution in [0.25, 0.3) is 0 Å². The Balaban J connectivity index is 1.77. The van der Waals surface area contributed by atoms with E-state index in [1.54, 1.807) is 7.11 Å². The van der Waals surface area contributed by atoms with Crippen LogP contribution in [0.2, 0.25) is 0 Å². The average molecular weight is 292 g/mol. The zero-order valence-corrected chi connectivity index (χ0v) is 12.8. The summed E-state index contributed by atoms with van der Waals surface area (Å²) in [5.41, 5.74) is 1.11. The zero-order valence-electron chi connectivity index (χ0n) is 12.8. The van der Waals surface area contributed by atoms with Gasteiger partial charge in [-0.05, 0) is 43.4 Å². The van der Waals surface area contributed by atoms with Crippen molar-refractivity contribution in [1.29, 1.82) is 0 Å². The molecule has 0 bridgehead atoms. The molecule has 1 saturated carbocycles. The van der Waals surface area contributed by atoms with E-state index in [9.17, 15) is 4.79 Å². The molecule has 0 N–H and O–H groups in total. The Morgan fingerprint density at radius 2 is 2.00 bits per heavy atom. The Morgan fingerprint density at radius 3 is 2.67 bits per heavy atom. The summed E-state index contributed by atoms with van der Waals surface area (Å²) in [6, 6.07) is 7.85. The lowest BCUT2D eigenvalue weighted by molar-refractivity contribution is -0.150. The minimum atomic E-state index is -0.0620. The predicted octanol–water partition coefficient (Wildman–Crippen LogP) is 3.19. The molecule has 0 amide bonds. The van der Waals surface area contributed by atoms with E-state index in [2.05, 4.69) is 0 Å². The number of hydrogen-bond acceptors (Lipinski definition) is 4. The van der Waals surface area contributed by atoms with Gasteiger partial charge in [0.1, 0.15) is 5.75 Å². The zero-order chi connectivity index (χ0) is 15.1. The van der Waals surface area contributed by atoms with Crippen molar-refractivity contribution in [3.8, 4) is 5.75 Å². The quantitative estimate of drug-likeness (QED) is 0.724. The molecule has 1 aliphatic rings. The number of carbonyl (C=O) groups excluding carboxylic acids is 1. The maximum Gasteiger partial charge on any atom is 0.309 e. The number of rotatable bonds is 7. The van der Waals surface area contributed by atoms with Gasteiger partial charge in [0, 0.05) is 0 Å². The van der Waals surface area contributed by atoms with E-state index in [0.717, 1.165) is 30.6 Å². The normalized spacial score (nSPS) is 21.2. The van der Waals surface area contributed by atoms with Crippen LogP contribution < -0.4 is 4.74 Å². The smallest absolute Gasteiger partial charge is 0.309 e. The standard InChI is InChI=1S/C17H24O4/c1-3-21-17(18)16-6-4-5-14(16)12-20-11-13-7-9-15(19-2)10-8-13/h7-10,14,16H,3-6,11-12H2,1-2H3. The third-order valence-electron chi connectivity index (χ3n) is 4.01. The molecule has 0 spiro atoms. The molecule has 0 heterocycles. The lowest BCUT2D eigenvalue weighted by Crippen LogP contribution is -2.24. The van der Waals surface area contributed by atoms with Crippen LogP contribution in [-0.4, -0.2) is 26.3 Å². The molecule has 1 aromatic rings. The summed E-state index contributed by atoms with van der Waals surface area (Å²) in [6.07, 6.45) is 3.06. The lowest BCUT2D eigenvalue weighted by atomic mass is 9.97. The number of benzene rings is 1. The Bertz CT molecular complexity index is 441. The Morgan fingerprint density at radius 1 is 1.24 bits per heavy atom. The van der Waals surface area contributed by atoms with Gasteiger partial charge in [0.15, 0.2) is 0 Å². The number of carbonyl (C=O) groups is 1. The van der Waals surface area contributed by atoms with Gasteiger partial charge in [-0.1, -0.05) is 18.6 Å². The number of hydrogen-bond donors (Lipinski definition) is 0. The summed E-state index contributed by atoms with van der Waals surface area (Å²) in [7, 11) is 1.65. The van der Waals surface area contributed by atoms with Gasteiger partial charge >= 0.3 is 5.97 Å². The molecule has 2 atom stereocenters. The van der Waals surface area contributed by atoms with Gasteiger partial charge in [-0.3, -0.25) is 4.79 Å². The molecular weight excluding hydrogens is 268 g/mol. The SMILES string of the molecule is CCOC(=O)C1CCCC1COCc1ccc(OC)cc1. The van der Waals surface area contributed by atoms with Crippen LogP contribution in [-0.2, 0) is 20.9 Å². The molecule has 4 nitrogen and oxygen atoms in total. The molecule has 1 aromatic carbocycles. The molecule has 0 saturated heterocycles. The van der Waals surface area contributed by atoms with Gasteiger partial charge in [0.25, 0.3) is 0 Å². The minimum Gasteiger partial charge on any atom is -0.497 e. The van der Waals surface area contributed by atoms with Crippen LogP contribution in [0.3, 0.4) is 0 Å². The second kappa shape index (κ2) is 8.03. The van der Waals surface area contributed by atoms with E-state index in [1.807, 2.05) is 31.2 Å². The lowest BCUT2D eigenvalue weighted by Gasteiger charge is -2.18. The van der Waals surface area contributed by atoms with Crippen LogP contribution >= 0.6 is 0 Å². The van der Waals surface area contributed by atoms with Gasteiger partial charge in [0.2, 0.25) is 0 Å². The number of methoxy groups -OCH3 is 1. The Hall–Kier alpha value is -1.55. The predicted molar refractivity (Wildman–Crippen MR) is 80.1 cm³/mol. The summed E-state index contributed by atoms with van der Waals surface area (Å²) in [4.78, 5) is 11.9. The highest BCUT2D eigenvalue weighted by Gasteiger charge is 2.34. The van der Waals surface area contributed by atoms with Crippen molar-refractivity contribution in [2.24, 2.45) is 11.8 Å². The number of esters is 1. The van der Waals surface area contributed by atoms with Crippen molar-refractivity contribution < 1.29 is 19.0 Å². The van der Waals surface area contributed by atoms with Gasteiger partial charge in [-0.2, -0.15) is 0 Å². The van der Waals surface area contributed by atoms with E-state index < -0.39 is 0 Å². The summed E-state index contributed by atoms with van der Waals surface area (Å²) in [6.45, 7) is 3.49. The van der Waals surface area contributed by atoms with E-state index in [-0.39, 0.29) is 11.9 Å². The van der Waals surface area contributed by atoms with Crippen molar-refractivity contribution in [3.05, 3.63) is 29.8 Å².